The Hall–Kier alpha value is -6.67. The van der Waals surface area contributed by atoms with Crippen LogP contribution >= 0.6 is 11.6 Å². The molecular formula is C40H37ClN8O6. The second kappa shape index (κ2) is 17.4. The first kappa shape index (κ1) is 25.4. The summed E-state index contributed by atoms with van der Waals surface area (Å²) in [6.07, 6.45) is 9.32. The van der Waals surface area contributed by atoms with E-state index in [4.69, 9.17) is 41.6 Å². The Morgan fingerprint density at radius 1 is 0.727 bits per heavy atom. The van der Waals surface area contributed by atoms with E-state index in [1.807, 2.05) is 0 Å². The summed E-state index contributed by atoms with van der Waals surface area (Å²) in [5, 5.41) is 17.1. The number of aromatic hydroxyl groups is 1. The summed E-state index contributed by atoms with van der Waals surface area (Å²) in [6.45, 7) is -11.2. The third-order valence-electron chi connectivity index (χ3n) is 7.87. The van der Waals surface area contributed by atoms with Crippen LogP contribution in [0, 0.1) is 0 Å². The zero-order chi connectivity index (χ0) is 48.9. The van der Waals surface area contributed by atoms with E-state index in [0.29, 0.717) is 63.0 Å². The molecule has 8 aromatic rings. The Kier molecular flexibility index (Phi) is 8.04. The number of fused-ring (bicyclic) bond motifs is 2. The third kappa shape index (κ3) is 8.29. The van der Waals surface area contributed by atoms with Gasteiger partial charge in [0.1, 0.15) is 40.3 Å². The van der Waals surface area contributed by atoms with Crippen LogP contribution in [0.5, 0.6) is 11.5 Å². The van der Waals surface area contributed by atoms with Crippen molar-refractivity contribution in [3.63, 3.8) is 0 Å². The van der Waals surface area contributed by atoms with Crippen LogP contribution in [0.4, 0.5) is 0 Å². The molecule has 15 heteroatoms. The molecule has 0 saturated heterocycles. The van der Waals surface area contributed by atoms with Gasteiger partial charge in [0.05, 0.1) is 22.8 Å². The molecule has 0 saturated carbocycles. The van der Waals surface area contributed by atoms with E-state index in [1.165, 1.54) is 55.8 Å². The molecule has 1 N–H and O–H groups in total. The number of benzene rings is 2. The van der Waals surface area contributed by atoms with Gasteiger partial charge in [0, 0.05) is 64.8 Å². The van der Waals surface area contributed by atoms with E-state index in [9.17, 15) is 14.7 Å². The van der Waals surface area contributed by atoms with Gasteiger partial charge < -0.3 is 18.7 Å². The topological polar surface area (TPSA) is 177 Å². The summed E-state index contributed by atoms with van der Waals surface area (Å²) in [7, 11) is 0. The standard InChI is InChI=1S/C20H18N4O3.C12H14ClN3.C8H5NO3/c1-13(2)24-17(7-9-23-24)19-14(4-3-8-21-19)11-26-18-6-5-16-20(15(18)10-25)27-12-22-16;1-9(2)16-11(5-7-15-16)12-10(8-13)4-3-6-14-12;10-3-5-7(11)2-1-6-8(5)12-4-9-6/h3-10,12-13H,11H2,1-2H3;3-7,9H,8H2,1-2H3;1-4,11H/i2*1D3,2D3;. The summed E-state index contributed by atoms with van der Waals surface area (Å²) in [4.78, 5) is 38.4. The zero-order valence-corrected chi connectivity index (χ0v) is 29.2. The highest BCUT2D eigenvalue weighted by Crippen LogP contribution is 2.29. The maximum absolute atomic E-state index is 11.6. The summed E-state index contributed by atoms with van der Waals surface area (Å²) >= 11 is 5.87. The number of halogens is 1. The highest BCUT2D eigenvalue weighted by Gasteiger charge is 2.17. The first-order valence-corrected chi connectivity index (χ1v) is 16.6. The monoisotopic (exact) mass is 772 g/mol. The number of aromatic nitrogens is 8. The predicted molar refractivity (Wildman–Crippen MR) is 206 cm³/mol. The van der Waals surface area contributed by atoms with Gasteiger partial charge in [-0.2, -0.15) is 10.2 Å². The molecule has 0 aliphatic carbocycles. The first-order chi connectivity index (χ1) is 31.6. The number of carbonyl (C=O) groups excluding carboxylic acids is 2. The van der Waals surface area contributed by atoms with Crippen LogP contribution in [0.25, 0.3) is 45.0 Å². The Morgan fingerprint density at radius 2 is 1.27 bits per heavy atom. The highest BCUT2D eigenvalue weighted by atomic mass is 35.5. The average Bonchev–Trinajstić information content (AvgIpc) is 4.10. The Balaban J connectivity index is 0.000000186. The molecule has 280 valence electrons. The molecule has 6 heterocycles. The summed E-state index contributed by atoms with van der Waals surface area (Å²) in [6, 6.07) is 12.5. The van der Waals surface area contributed by atoms with Crippen molar-refractivity contribution in [2.45, 2.75) is 52.0 Å². The van der Waals surface area contributed by atoms with Gasteiger partial charge in [-0.15, -0.1) is 11.6 Å². The molecule has 0 aliphatic rings. The summed E-state index contributed by atoms with van der Waals surface area (Å²) < 4.78 is 110. The fourth-order valence-corrected chi connectivity index (χ4v) is 5.57. The van der Waals surface area contributed by atoms with Gasteiger partial charge in [-0.1, -0.05) is 12.1 Å². The minimum absolute atomic E-state index is 0.0406. The first-order valence-electron chi connectivity index (χ1n) is 22.1. The number of pyridine rings is 2. The normalized spacial score (nSPS) is 15.1. The van der Waals surface area contributed by atoms with Gasteiger partial charge in [-0.3, -0.25) is 28.9 Å². The number of phenolic OH excluding ortho intramolecular Hbond substituents is 1. The minimum Gasteiger partial charge on any atom is -0.507 e. The van der Waals surface area contributed by atoms with Crippen molar-refractivity contribution < 1.29 is 44.7 Å². The van der Waals surface area contributed by atoms with Crippen molar-refractivity contribution in [2.75, 3.05) is 0 Å². The predicted octanol–water partition coefficient (Wildman–Crippen LogP) is 8.67. The number of alkyl halides is 1. The minimum atomic E-state index is -2.83. The number of oxazole rings is 2. The fraction of sp³-hybridized carbons (Fsp3) is 0.200. The number of rotatable bonds is 10. The van der Waals surface area contributed by atoms with Crippen LogP contribution in [0.1, 0.15) is 87.8 Å². The Labute approximate surface area is 337 Å². The van der Waals surface area contributed by atoms with E-state index in [1.54, 1.807) is 42.5 Å². The van der Waals surface area contributed by atoms with Gasteiger partial charge in [-0.05, 0) is 81.5 Å². The molecule has 0 fully saturated rings. The second-order valence-electron chi connectivity index (χ2n) is 11.2. The molecule has 0 amide bonds. The molecule has 55 heavy (non-hydrogen) atoms. The maximum Gasteiger partial charge on any atom is 0.182 e. The number of ether oxygens (including phenoxy) is 1. The molecule has 0 atom stereocenters. The van der Waals surface area contributed by atoms with Crippen molar-refractivity contribution in [3.05, 3.63) is 120 Å². The number of hydrogen-bond acceptors (Lipinski definition) is 12. The van der Waals surface area contributed by atoms with Crippen LogP contribution in [-0.2, 0) is 12.5 Å². The van der Waals surface area contributed by atoms with Gasteiger partial charge in [-0.25, -0.2) is 9.97 Å². The third-order valence-corrected chi connectivity index (χ3v) is 8.16. The average molecular weight is 773 g/mol. The van der Waals surface area contributed by atoms with Gasteiger partial charge >= 0.3 is 0 Å². The zero-order valence-electron chi connectivity index (χ0n) is 40.4. The number of hydrogen-bond donors (Lipinski definition) is 1. The van der Waals surface area contributed by atoms with Crippen LogP contribution in [0.15, 0.2) is 107 Å². The lowest BCUT2D eigenvalue weighted by Gasteiger charge is -2.14. The molecule has 0 radical (unpaired) electrons. The molecule has 0 bridgehead atoms. The van der Waals surface area contributed by atoms with Crippen molar-refractivity contribution >= 4 is 46.4 Å². The van der Waals surface area contributed by atoms with Crippen molar-refractivity contribution in [2.24, 2.45) is 0 Å². The molecular weight excluding hydrogens is 724 g/mol. The van der Waals surface area contributed by atoms with E-state index in [0.717, 1.165) is 9.36 Å². The number of nitrogens with zero attached hydrogens (tertiary/aromatic N) is 8. The number of phenols is 1. The largest absolute Gasteiger partial charge is 0.507 e. The number of carbonyl (C=O) groups is 2. The lowest BCUT2D eigenvalue weighted by atomic mass is 10.1. The molecule has 0 unspecified atom stereocenters. The molecule has 14 nitrogen and oxygen atoms in total. The van der Waals surface area contributed by atoms with E-state index in [2.05, 4.69) is 30.1 Å². The van der Waals surface area contributed by atoms with Crippen LogP contribution in [0.3, 0.4) is 0 Å². The molecule has 6 aromatic heterocycles. The van der Waals surface area contributed by atoms with Gasteiger partial charge in [0.2, 0.25) is 0 Å². The fourth-order valence-electron chi connectivity index (χ4n) is 5.35. The SMILES string of the molecule is O=Cc1c(O)ccc2ncoc12.[2H]C([2H])([2H])C(n1nccc1-c1ncccc1CCl)C([2H])([2H])[2H].[2H]C([2H])([2H])C(n1nccc1-c1ncccc1COc1ccc2ncoc2c1C=O)C([2H])([2H])[2H]. The molecule has 8 rings (SSSR count). The van der Waals surface area contributed by atoms with E-state index < -0.39 is 39.5 Å². The van der Waals surface area contributed by atoms with E-state index >= 15 is 0 Å². The van der Waals surface area contributed by atoms with Crippen molar-refractivity contribution in [1.29, 1.82) is 0 Å². The van der Waals surface area contributed by atoms with Crippen LogP contribution in [-0.4, -0.2) is 57.2 Å². The molecule has 0 aliphatic heterocycles. The maximum atomic E-state index is 11.6. The lowest BCUT2D eigenvalue weighted by Crippen LogP contribution is -2.08. The number of aldehydes is 2. The van der Waals surface area contributed by atoms with E-state index in [-0.39, 0.29) is 40.8 Å². The van der Waals surface area contributed by atoms with Crippen LogP contribution in [0.2, 0.25) is 0 Å². The Bertz CT molecular complexity index is 2950. The highest BCUT2D eigenvalue weighted by molar-refractivity contribution is 6.17. The molecule has 2 aromatic carbocycles. The molecule has 0 spiro atoms. The Morgan fingerprint density at radius 3 is 1.84 bits per heavy atom. The quantitative estimate of drug-likeness (QED) is 0.103. The van der Waals surface area contributed by atoms with Gasteiger partial charge in [0.25, 0.3) is 0 Å². The van der Waals surface area contributed by atoms with Gasteiger partial charge in [0.15, 0.2) is 36.5 Å². The lowest BCUT2D eigenvalue weighted by molar-refractivity contribution is 0.111. The second-order valence-corrected chi connectivity index (χ2v) is 11.5. The summed E-state index contributed by atoms with van der Waals surface area (Å²) in [5.41, 5.74) is 4.50. The van der Waals surface area contributed by atoms with Crippen LogP contribution < -0.4 is 4.74 Å². The van der Waals surface area contributed by atoms with Crippen molar-refractivity contribution in [1.82, 2.24) is 39.5 Å². The smallest absolute Gasteiger partial charge is 0.182 e. The summed E-state index contributed by atoms with van der Waals surface area (Å²) in [5.74, 6) is 0.343. The van der Waals surface area contributed by atoms with Crippen molar-refractivity contribution in [3.8, 4) is 34.3 Å².